The molecule has 136 valence electrons. The maximum atomic E-state index is 13.9. The fourth-order valence-corrected chi connectivity index (χ4v) is 2.09. The van der Waals surface area contributed by atoms with E-state index in [-0.39, 0.29) is 24.3 Å². The van der Waals surface area contributed by atoms with Crippen LogP contribution in [0.3, 0.4) is 0 Å². The Hall–Kier alpha value is -3.35. The van der Waals surface area contributed by atoms with Crippen LogP contribution in [0.15, 0.2) is 54.2 Å². The number of phenols is 1. The van der Waals surface area contributed by atoms with Crippen LogP contribution in [0.1, 0.15) is 17.5 Å². The van der Waals surface area contributed by atoms with Gasteiger partial charge in [0.2, 0.25) is 0 Å². The summed E-state index contributed by atoms with van der Waals surface area (Å²) in [6.45, 7) is 0.0403. The van der Waals surface area contributed by atoms with Crippen LogP contribution in [0, 0.1) is 5.82 Å². The number of carbonyl (C=O) groups excluding carboxylic acids is 2. The Labute approximate surface area is 149 Å². The number of benzene rings is 2. The van der Waals surface area contributed by atoms with Crippen LogP contribution in [0.4, 0.5) is 9.18 Å². The molecule has 0 heterocycles. The zero-order valence-corrected chi connectivity index (χ0v) is 14.1. The van der Waals surface area contributed by atoms with E-state index in [1.807, 2.05) is 18.2 Å². The molecule has 0 fully saturated rings. The zero-order valence-electron chi connectivity index (χ0n) is 14.1. The number of esters is 1. The molecule has 2 aromatic rings. The third kappa shape index (κ3) is 5.62. The molecule has 0 aromatic heterocycles. The predicted molar refractivity (Wildman–Crippen MR) is 92.4 cm³/mol. The second-order valence-electron chi connectivity index (χ2n) is 5.29. The van der Waals surface area contributed by atoms with Gasteiger partial charge in [-0.05, 0) is 17.7 Å². The molecule has 0 aliphatic rings. The van der Waals surface area contributed by atoms with Gasteiger partial charge in [0.15, 0.2) is 11.6 Å². The van der Waals surface area contributed by atoms with E-state index in [0.29, 0.717) is 0 Å². The Balaban J connectivity index is 2.11. The Bertz CT molecular complexity index is 805. The molecule has 7 heteroatoms. The number of halogens is 1. The first-order chi connectivity index (χ1) is 12.5. The third-order valence-electron chi connectivity index (χ3n) is 3.38. The normalized spacial score (nSPS) is 10.9. The van der Waals surface area contributed by atoms with Gasteiger partial charge in [0.05, 0.1) is 13.5 Å². The minimum absolute atomic E-state index is 0.00672. The average Bonchev–Trinajstić information content (AvgIpc) is 2.64. The molecule has 6 nitrogen and oxygen atoms in total. The molecule has 26 heavy (non-hydrogen) atoms. The summed E-state index contributed by atoms with van der Waals surface area (Å²) in [4.78, 5) is 23.5. The lowest BCUT2D eigenvalue weighted by molar-refractivity contribution is -0.139. The molecule has 0 saturated heterocycles. The van der Waals surface area contributed by atoms with E-state index in [4.69, 9.17) is 4.74 Å². The fourth-order valence-electron chi connectivity index (χ4n) is 2.09. The van der Waals surface area contributed by atoms with Crippen molar-refractivity contribution < 1.29 is 28.6 Å². The molecule has 2 rings (SSSR count). The van der Waals surface area contributed by atoms with Gasteiger partial charge in [-0.2, -0.15) is 0 Å². The maximum Gasteiger partial charge on any atom is 0.411 e. The van der Waals surface area contributed by atoms with Crippen LogP contribution in [0.2, 0.25) is 0 Å². The van der Waals surface area contributed by atoms with Crippen molar-refractivity contribution in [2.45, 2.75) is 13.0 Å². The summed E-state index contributed by atoms with van der Waals surface area (Å²) in [5.41, 5.74) is 0.867. The largest absolute Gasteiger partial charge is 0.505 e. The molecule has 0 atom stereocenters. The Morgan fingerprint density at radius 1 is 1.15 bits per heavy atom. The predicted octanol–water partition coefficient (Wildman–Crippen LogP) is 3.36. The summed E-state index contributed by atoms with van der Waals surface area (Å²) in [5, 5.41) is 11.8. The van der Waals surface area contributed by atoms with Crippen molar-refractivity contribution in [1.82, 2.24) is 5.32 Å². The first-order valence-electron chi connectivity index (χ1n) is 7.72. The number of phenolic OH excluding ortho intramolecular Hbond substituents is 1. The van der Waals surface area contributed by atoms with Crippen LogP contribution in [0.25, 0.3) is 6.08 Å². The number of hydrogen-bond acceptors (Lipinski definition) is 5. The summed E-state index contributed by atoms with van der Waals surface area (Å²) in [7, 11) is 1.20. The standard InChI is InChI=1S/C19H18FNO5/c1-25-17(23)11-15(10-14-8-5-9-16(22)18(14)20)21-19(24)26-12-13-6-3-2-4-7-13/h2-10,22H,11-12H2,1H3,(H,21,24)/b15-10-. The number of rotatable bonds is 6. The van der Waals surface area contributed by atoms with Gasteiger partial charge in [-0.1, -0.05) is 42.5 Å². The summed E-state index contributed by atoms with van der Waals surface area (Å²) in [6.07, 6.45) is 0.131. The van der Waals surface area contributed by atoms with E-state index in [9.17, 15) is 19.1 Å². The summed E-state index contributed by atoms with van der Waals surface area (Å²) < 4.78 is 23.6. The molecule has 0 unspecified atom stereocenters. The fraction of sp³-hybridized carbons (Fsp3) is 0.158. The van der Waals surface area contributed by atoms with E-state index in [1.165, 1.54) is 31.4 Å². The minimum atomic E-state index is -0.866. The molecule has 2 N–H and O–H groups in total. The topological polar surface area (TPSA) is 84.9 Å². The molecule has 0 aliphatic heterocycles. The monoisotopic (exact) mass is 359 g/mol. The molecule has 1 amide bonds. The Kier molecular flexibility index (Phi) is 6.73. The quantitative estimate of drug-likeness (QED) is 0.773. The average molecular weight is 359 g/mol. The number of ether oxygens (including phenoxy) is 2. The van der Waals surface area contributed by atoms with Crippen LogP contribution in [-0.4, -0.2) is 24.3 Å². The highest BCUT2D eigenvalue weighted by molar-refractivity contribution is 5.78. The van der Waals surface area contributed by atoms with Crippen molar-refractivity contribution in [2.24, 2.45) is 0 Å². The number of methoxy groups -OCH3 is 1. The smallest absolute Gasteiger partial charge is 0.411 e. The lowest BCUT2D eigenvalue weighted by Crippen LogP contribution is -2.25. The SMILES string of the molecule is COC(=O)C/C(=C/c1cccc(O)c1F)NC(=O)OCc1ccccc1. The highest BCUT2D eigenvalue weighted by Crippen LogP contribution is 2.21. The van der Waals surface area contributed by atoms with Crippen molar-refractivity contribution in [1.29, 1.82) is 0 Å². The van der Waals surface area contributed by atoms with Gasteiger partial charge >= 0.3 is 12.1 Å². The van der Waals surface area contributed by atoms with Gasteiger partial charge in [0, 0.05) is 11.3 Å². The van der Waals surface area contributed by atoms with E-state index in [1.54, 1.807) is 12.1 Å². The second-order valence-corrected chi connectivity index (χ2v) is 5.29. The van der Waals surface area contributed by atoms with Crippen LogP contribution >= 0.6 is 0 Å². The van der Waals surface area contributed by atoms with Crippen LogP contribution in [-0.2, 0) is 20.9 Å². The van der Waals surface area contributed by atoms with E-state index in [0.717, 1.165) is 5.56 Å². The Morgan fingerprint density at radius 3 is 2.58 bits per heavy atom. The number of hydrogen-bond donors (Lipinski definition) is 2. The van der Waals surface area contributed by atoms with E-state index >= 15 is 0 Å². The minimum Gasteiger partial charge on any atom is -0.505 e. The second kappa shape index (κ2) is 9.22. The summed E-state index contributed by atoms with van der Waals surface area (Å²) in [5.74, 6) is -2.03. The molecule has 0 radical (unpaired) electrons. The van der Waals surface area contributed by atoms with Gasteiger partial charge in [0.1, 0.15) is 6.61 Å². The van der Waals surface area contributed by atoms with Crippen LogP contribution in [0.5, 0.6) is 5.75 Å². The Morgan fingerprint density at radius 2 is 1.88 bits per heavy atom. The lowest BCUT2D eigenvalue weighted by Gasteiger charge is -2.11. The molecular weight excluding hydrogens is 341 g/mol. The maximum absolute atomic E-state index is 13.9. The van der Waals surface area contributed by atoms with Crippen molar-refractivity contribution in [3.8, 4) is 5.75 Å². The number of nitrogens with one attached hydrogen (secondary N) is 1. The number of alkyl carbamates (subject to hydrolysis) is 1. The molecular formula is C19H18FNO5. The van der Waals surface area contributed by atoms with Crippen molar-refractivity contribution in [3.05, 3.63) is 71.2 Å². The van der Waals surface area contributed by atoms with Gasteiger partial charge in [-0.15, -0.1) is 0 Å². The summed E-state index contributed by atoms with van der Waals surface area (Å²) in [6, 6.07) is 13.1. The van der Waals surface area contributed by atoms with Gasteiger partial charge in [-0.3, -0.25) is 10.1 Å². The molecule has 2 aromatic carbocycles. The number of aromatic hydroxyl groups is 1. The zero-order chi connectivity index (χ0) is 18.9. The first kappa shape index (κ1) is 19.0. The van der Waals surface area contributed by atoms with E-state index < -0.39 is 23.6 Å². The molecule has 0 spiro atoms. The summed E-state index contributed by atoms with van der Waals surface area (Å²) >= 11 is 0. The van der Waals surface area contributed by atoms with E-state index in [2.05, 4.69) is 10.1 Å². The lowest BCUT2D eigenvalue weighted by atomic mass is 10.1. The number of carbonyl (C=O) groups is 2. The van der Waals surface area contributed by atoms with Gasteiger partial charge in [-0.25, -0.2) is 9.18 Å². The van der Waals surface area contributed by atoms with Gasteiger partial charge < -0.3 is 14.6 Å². The highest BCUT2D eigenvalue weighted by Gasteiger charge is 2.13. The molecule has 0 saturated carbocycles. The van der Waals surface area contributed by atoms with Crippen LogP contribution < -0.4 is 5.32 Å². The van der Waals surface area contributed by atoms with Crippen molar-refractivity contribution >= 4 is 18.1 Å². The van der Waals surface area contributed by atoms with Crippen molar-refractivity contribution in [3.63, 3.8) is 0 Å². The van der Waals surface area contributed by atoms with Crippen molar-refractivity contribution in [2.75, 3.05) is 7.11 Å². The van der Waals surface area contributed by atoms with Gasteiger partial charge in [0.25, 0.3) is 0 Å². The highest BCUT2D eigenvalue weighted by atomic mass is 19.1. The third-order valence-corrected chi connectivity index (χ3v) is 3.38. The molecule has 0 aliphatic carbocycles. The number of amides is 1. The first-order valence-corrected chi connectivity index (χ1v) is 7.72. The molecule has 0 bridgehead atoms.